The van der Waals surface area contributed by atoms with Crippen LogP contribution >= 0.6 is 0 Å². The van der Waals surface area contributed by atoms with Gasteiger partial charge in [-0.1, -0.05) is 37.3 Å². The summed E-state index contributed by atoms with van der Waals surface area (Å²) in [6, 6.07) is 16.3. The highest BCUT2D eigenvalue weighted by molar-refractivity contribution is 5.96. The van der Waals surface area contributed by atoms with Crippen LogP contribution in [0.25, 0.3) is 11.1 Å². The number of ether oxygens (including phenoxy) is 1. The molecule has 4 rings (SSSR count). The molecule has 5 nitrogen and oxygen atoms in total. The van der Waals surface area contributed by atoms with Crippen molar-refractivity contribution in [3.63, 3.8) is 0 Å². The normalized spacial score (nSPS) is 17.4. The zero-order chi connectivity index (χ0) is 27.6. The highest BCUT2D eigenvalue weighted by atomic mass is 19.4. The Morgan fingerprint density at radius 1 is 1.08 bits per heavy atom. The maximum Gasteiger partial charge on any atom is 0.431 e. The first-order chi connectivity index (χ1) is 18.0. The summed E-state index contributed by atoms with van der Waals surface area (Å²) in [6.45, 7) is 5.63. The predicted molar refractivity (Wildman–Crippen MR) is 138 cm³/mol. The molecule has 1 unspecified atom stereocenters. The molecule has 1 N–H and O–H groups in total. The van der Waals surface area contributed by atoms with Gasteiger partial charge >= 0.3 is 12.1 Å². The quantitative estimate of drug-likeness (QED) is 0.320. The third kappa shape index (κ3) is 5.82. The second kappa shape index (κ2) is 10.8. The van der Waals surface area contributed by atoms with E-state index in [2.05, 4.69) is 5.10 Å². The molecule has 9 heteroatoms. The van der Waals surface area contributed by atoms with E-state index in [1.54, 1.807) is 36.4 Å². The molecule has 38 heavy (non-hydrogen) atoms. The minimum Gasteiger partial charge on any atom is -0.494 e. The van der Waals surface area contributed by atoms with E-state index in [1.165, 1.54) is 13.0 Å². The number of carbonyl (C=O) groups is 1. The summed E-state index contributed by atoms with van der Waals surface area (Å²) in [4.78, 5) is 11.3. The number of aryl methyl sites for hydroxylation is 1. The molecule has 200 valence electrons. The molecule has 0 amide bonds. The van der Waals surface area contributed by atoms with Gasteiger partial charge in [0.05, 0.1) is 24.8 Å². The van der Waals surface area contributed by atoms with Gasteiger partial charge < -0.3 is 9.84 Å². The van der Waals surface area contributed by atoms with E-state index in [0.29, 0.717) is 30.0 Å². The number of hydrogen-bond donors (Lipinski definition) is 1. The molecule has 1 aliphatic heterocycles. The van der Waals surface area contributed by atoms with E-state index >= 15 is 0 Å². The van der Waals surface area contributed by atoms with Crippen molar-refractivity contribution in [1.82, 2.24) is 0 Å². The molecule has 0 saturated carbocycles. The van der Waals surface area contributed by atoms with Crippen LogP contribution in [-0.2, 0) is 11.2 Å². The number of carboxylic acid groups (broad SMARTS) is 1. The molecule has 0 spiro atoms. The fraction of sp³-hybridized carbons (Fsp3) is 0.310. The Balaban J connectivity index is 1.55. The molecule has 1 aliphatic rings. The van der Waals surface area contributed by atoms with Crippen LogP contribution in [0.2, 0.25) is 0 Å². The molecule has 0 saturated heterocycles. The number of hydrogen-bond acceptors (Lipinski definition) is 4. The Hall–Kier alpha value is -3.88. The van der Waals surface area contributed by atoms with E-state index in [4.69, 9.17) is 4.74 Å². The molecule has 0 bridgehead atoms. The molecular formula is C29H28F4N2O3. The van der Waals surface area contributed by atoms with Gasteiger partial charge in [0.2, 0.25) is 0 Å². The summed E-state index contributed by atoms with van der Waals surface area (Å²) in [5.74, 6) is -2.02. The van der Waals surface area contributed by atoms with Crippen LogP contribution in [0.5, 0.6) is 5.75 Å². The summed E-state index contributed by atoms with van der Waals surface area (Å²) < 4.78 is 60.3. The standard InChI is InChI=1S/C29H28F4N2O3/c1-4-38-23-11-12-25(30)24(15-23)21-8-7-20(17(2)13-21)14-19-5-9-22(10-6-19)35-26(16-27(36)37)18(3)28(34-35)29(31,32)33/h5-13,15,18,26H,4,14,16H2,1-3H3,(H,36,37)/t18?,26-/m0/s1. The lowest BCUT2D eigenvalue weighted by atomic mass is 9.94. The number of aliphatic carboxylic acids is 1. The van der Waals surface area contributed by atoms with Gasteiger partial charge in [0.1, 0.15) is 17.3 Å². The van der Waals surface area contributed by atoms with E-state index in [9.17, 15) is 27.5 Å². The van der Waals surface area contributed by atoms with Gasteiger partial charge in [-0.3, -0.25) is 9.80 Å². The van der Waals surface area contributed by atoms with Crippen molar-refractivity contribution in [2.24, 2.45) is 11.0 Å². The van der Waals surface area contributed by atoms with Gasteiger partial charge in [0, 0.05) is 11.5 Å². The molecule has 1 heterocycles. The van der Waals surface area contributed by atoms with E-state index in [0.717, 1.165) is 27.3 Å². The molecule has 3 aromatic carbocycles. The zero-order valence-corrected chi connectivity index (χ0v) is 21.2. The Morgan fingerprint density at radius 3 is 2.39 bits per heavy atom. The molecule has 0 fully saturated rings. The molecule has 0 aliphatic carbocycles. The lowest BCUT2D eigenvalue weighted by Crippen LogP contribution is -2.36. The first kappa shape index (κ1) is 27.2. The van der Waals surface area contributed by atoms with Crippen LogP contribution in [0.15, 0.2) is 65.8 Å². The lowest BCUT2D eigenvalue weighted by Gasteiger charge is -2.25. The van der Waals surface area contributed by atoms with E-state index in [-0.39, 0.29) is 5.82 Å². The van der Waals surface area contributed by atoms with E-state index in [1.807, 2.05) is 32.0 Å². The number of halogens is 4. The third-order valence-electron chi connectivity index (χ3n) is 6.71. The van der Waals surface area contributed by atoms with Crippen LogP contribution in [0, 0.1) is 18.7 Å². The van der Waals surface area contributed by atoms with Crippen molar-refractivity contribution >= 4 is 17.4 Å². The molecule has 2 atom stereocenters. The largest absolute Gasteiger partial charge is 0.494 e. The minimum absolute atomic E-state index is 0.343. The van der Waals surface area contributed by atoms with Gasteiger partial charge in [-0.15, -0.1) is 0 Å². The van der Waals surface area contributed by atoms with E-state index < -0.39 is 36.2 Å². The second-order valence-electron chi connectivity index (χ2n) is 9.34. The summed E-state index contributed by atoms with van der Waals surface area (Å²) in [5, 5.41) is 14.2. The molecular weight excluding hydrogens is 500 g/mol. The van der Waals surface area contributed by atoms with Crippen LogP contribution < -0.4 is 9.75 Å². The molecule has 0 aromatic heterocycles. The monoisotopic (exact) mass is 528 g/mol. The van der Waals surface area contributed by atoms with Crippen molar-refractivity contribution in [2.45, 2.75) is 45.8 Å². The van der Waals surface area contributed by atoms with Crippen molar-refractivity contribution in [1.29, 1.82) is 0 Å². The number of alkyl halides is 3. The van der Waals surface area contributed by atoms with Crippen LogP contribution in [0.3, 0.4) is 0 Å². The van der Waals surface area contributed by atoms with Crippen LogP contribution in [0.1, 0.15) is 37.0 Å². The number of carboxylic acids is 1. The van der Waals surface area contributed by atoms with Crippen molar-refractivity contribution < 1.29 is 32.2 Å². The number of hydrazone groups is 1. The average Bonchev–Trinajstić information content (AvgIpc) is 3.18. The first-order valence-corrected chi connectivity index (χ1v) is 12.3. The van der Waals surface area contributed by atoms with Crippen molar-refractivity contribution in [3.05, 3.63) is 83.2 Å². The summed E-state index contributed by atoms with van der Waals surface area (Å²) in [5.41, 5.74) is 3.47. The highest BCUT2D eigenvalue weighted by Gasteiger charge is 2.48. The topological polar surface area (TPSA) is 62.1 Å². The molecule has 0 radical (unpaired) electrons. The van der Waals surface area contributed by atoms with Crippen LogP contribution in [0.4, 0.5) is 23.2 Å². The second-order valence-corrected chi connectivity index (χ2v) is 9.34. The summed E-state index contributed by atoms with van der Waals surface area (Å²) in [6.07, 6.45) is -4.55. The highest BCUT2D eigenvalue weighted by Crippen LogP contribution is 2.36. The van der Waals surface area contributed by atoms with Gasteiger partial charge in [-0.05, 0) is 72.9 Å². The number of benzene rings is 3. The summed E-state index contributed by atoms with van der Waals surface area (Å²) >= 11 is 0. The smallest absolute Gasteiger partial charge is 0.431 e. The number of nitrogens with zero attached hydrogens (tertiary/aromatic N) is 2. The Morgan fingerprint density at radius 2 is 1.79 bits per heavy atom. The Kier molecular flexibility index (Phi) is 7.76. The Labute approximate surface area is 218 Å². The predicted octanol–water partition coefficient (Wildman–Crippen LogP) is 7.01. The van der Waals surface area contributed by atoms with Crippen LogP contribution in [-0.4, -0.2) is 35.6 Å². The minimum atomic E-state index is -4.64. The SMILES string of the molecule is CCOc1ccc(F)c(-c2ccc(Cc3ccc(N4N=C(C(F)(F)F)C(C)[C@@H]4CC(=O)O)cc3)c(C)c2)c1. The van der Waals surface area contributed by atoms with Gasteiger partial charge in [-0.2, -0.15) is 18.3 Å². The van der Waals surface area contributed by atoms with Crippen molar-refractivity contribution in [3.8, 4) is 16.9 Å². The zero-order valence-electron chi connectivity index (χ0n) is 21.2. The Bertz CT molecular complexity index is 1350. The number of rotatable bonds is 8. The van der Waals surface area contributed by atoms with Gasteiger partial charge in [-0.25, -0.2) is 4.39 Å². The maximum atomic E-state index is 14.5. The fourth-order valence-electron chi connectivity index (χ4n) is 4.71. The van der Waals surface area contributed by atoms with Gasteiger partial charge in [0.25, 0.3) is 0 Å². The third-order valence-corrected chi connectivity index (χ3v) is 6.71. The fourth-order valence-corrected chi connectivity index (χ4v) is 4.71. The average molecular weight is 529 g/mol. The van der Waals surface area contributed by atoms with Gasteiger partial charge in [0.15, 0.2) is 0 Å². The lowest BCUT2D eigenvalue weighted by molar-refractivity contribution is -0.137. The first-order valence-electron chi connectivity index (χ1n) is 12.3. The summed E-state index contributed by atoms with van der Waals surface area (Å²) in [7, 11) is 0. The van der Waals surface area contributed by atoms with Crippen molar-refractivity contribution in [2.75, 3.05) is 11.6 Å². The molecule has 3 aromatic rings. The maximum absolute atomic E-state index is 14.5. The number of anilines is 1.